The number of alkyl carbamates (subject to hydrolysis) is 1. The Hall–Kier alpha value is -2.90. The molecule has 1 aromatic carbocycles. The molecule has 0 unspecified atom stereocenters. The van der Waals surface area contributed by atoms with E-state index in [9.17, 15) is 19.7 Å². The van der Waals surface area contributed by atoms with Crippen molar-refractivity contribution in [2.45, 2.75) is 39.7 Å². The zero-order chi connectivity index (χ0) is 19.9. The molecule has 0 saturated heterocycles. The number of nitrogens with zero attached hydrogens (tertiary/aromatic N) is 1. The molecule has 0 aliphatic heterocycles. The highest BCUT2D eigenvalue weighted by Gasteiger charge is 2.18. The van der Waals surface area contributed by atoms with Crippen molar-refractivity contribution in [3.63, 3.8) is 0 Å². The van der Waals surface area contributed by atoms with Crippen molar-refractivity contribution < 1.29 is 24.0 Å². The van der Waals surface area contributed by atoms with Crippen molar-refractivity contribution in [3.8, 4) is 0 Å². The molecular formula is C18H24N2O6. The number of ether oxygens (including phenoxy) is 2. The monoisotopic (exact) mass is 364 g/mol. The molecule has 1 N–H and O–H groups in total. The van der Waals surface area contributed by atoms with Crippen LogP contribution >= 0.6 is 0 Å². The van der Waals surface area contributed by atoms with Gasteiger partial charge in [-0.05, 0) is 45.2 Å². The van der Waals surface area contributed by atoms with Gasteiger partial charge in [0.15, 0.2) is 0 Å². The van der Waals surface area contributed by atoms with E-state index < -0.39 is 22.6 Å². The van der Waals surface area contributed by atoms with E-state index in [4.69, 9.17) is 4.74 Å². The van der Waals surface area contributed by atoms with Gasteiger partial charge in [0, 0.05) is 18.7 Å². The fourth-order valence-corrected chi connectivity index (χ4v) is 2.10. The van der Waals surface area contributed by atoms with Gasteiger partial charge in [0.2, 0.25) is 0 Å². The molecule has 1 rings (SSSR count). The molecule has 0 aliphatic rings. The lowest BCUT2D eigenvalue weighted by Crippen LogP contribution is -2.32. The standard InChI is InChI=1S/C18H24N2O6/c1-12-13(8-6-7-9-19-17(22)26-18(2,3)4)10-14(20(23)24)11-15(12)16(21)25-5/h6,8,10-11H,7,9H2,1-5H3,(H,19,22). The summed E-state index contributed by atoms with van der Waals surface area (Å²) in [6.07, 6.45) is 3.41. The predicted molar refractivity (Wildman–Crippen MR) is 97.1 cm³/mol. The van der Waals surface area contributed by atoms with Gasteiger partial charge >= 0.3 is 12.1 Å². The normalized spacial score (nSPS) is 11.3. The number of hydrogen-bond donors (Lipinski definition) is 1. The van der Waals surface area contributed by atoms with Crippen molar-refractivity contribution in [3.05, 3.63) is 45.0 Å². The van der Waals surface area contributed by atoms with Gasteiger partial charge in [-0.2, -0.15) is 0 Å². The number of nitro groups is 1. The molecule has 0 fully saturated rings. The number of rotatable bonds is 6. The van der Waals surface area contributed by atoms with Crippen LogP contribution in [0.25, 0.3) is 6.08 Å². The van der Waals surface area contributed by atoms with E-state index in [1.807, 2.05) is 0 Å². The molecule has 0 atom stereocenters. The summed E-state index contributed by atoms with van der Waals surface area (Å²) in [5, 5.41) is 13.7. The number of amides is 1. The molecule has 1 aromatic rings. The number of benzene rings is 1. The van der Waals surface area contributed by atoms with Gasteiger partial charge in [-0.25, -0.2) is 9.59 Å². The number of methoxy groups -OCH3 is 1. The SMILES string of the molecule is COC(=O)c1cc([N+](=O)[O-])cc(C=CCCNC(=O)OC(C)(C)C)c1C. The Labute approximate surface area is 152 Å². The van der Waals surface area contributed by atoms with Crippen molar-refractivity contribution >= 4 is 23.8 Å². The van der Waals surface area contributed by atoms with Crippen LogP contribution in [0.3, 0.4) is 0 Å². The van der Waals surface area contributed by atoms with Crippen LogP contribution in [0.1, 0.15) is 48.7 Å². The lowest BCUT2D eigenvalue weighted by atomic mass is 10.0. The van der Waals surface area contributed by atoms with Crippen LogP contribution in [-0.4, -0.2) is 36.2 Å². The topological polar surface area (TPSA) is 108 Å². The number of carbonyl (C=O) groups is 2. The van der Waals surface area contributed by atoms with Crippen LogP contribution in [0, 0.1) is 17.0 Å². The first kappa shape index (κ1) is 21.1. The van der Waals surface area contributed by atoms with E-state index in [1.54, 1.807) is 39.8 Å². The second kappa shape index (κ2) is 8.98. The van der Waals surface area contributed by atoms with Gasteiger partial charge < -0.3 is 14.8 Å². The third-order valence-electron chi connectivity index (χ3n) is 3.33. The van der Waals surface area contributed by atoms with E-state index in [0.717, 1.165) is 0 Å². The highest BCUT2D eigenvalue weighted by Crippen LogP contribution is 2.24. The minimum absolute atomic E-state index is 0.147. The molecule has 0 heterocycles. The first-order valence-electron chi connectivity index (χ1n) is 8.06. The summed E-state index contributed by atoms with van der Waals surface area (Å²) >= 11 is 0. The van der Waals surface area contributed by atoms with E-state index >= 15 is 0 Å². The van der Waals surface area contributed by atoms with Crippen molar-refractivity contribution in [2.24, 2.45) is 0 Å². The number of esters is 1. The van der Waals surface area contributed by atoms with Crippen molar-refractivity contribution in [2.75, 3.05) is 13.7 Å². The summed E-state index contributed by atoms with van der Waals surface area (Å²) in [6.45, 7) is 7.36. The smallest absolute Gasteiger partial charge is 0.407 e. The molecule has 8 heteroatoms. The summed E-state index contributed by atoms with van der Waals surface area (Å²) < 4.78 is 9.79. The highest BCUT2D eigenvalue weighted by molar-refractivity contribution is 5.93. The van der Waals surface area contributed by atoms with E-state index in [0.29, 0.717) is 24.1 Å². The van der Waals surface area contributed by atoms with Crippen LogP contribution in [0.15, 0.2) is 18.2 Å². The molecular weight excluding hydrogens is 340 g/mol. The highest BCUT2D eigenvalue weighted by atomic mass is 16.6. The second-order valence-electron chi connectivity index (χ2n) is 6.58. The van der Waals surface area contributed by atoms with Crippen LogP contribution in [0.4, 0.5) is 10.5 Å². The Morgan fingerprint density at radius 2 is 1.96 bits per heavy atom. The lowest BCUT2D eigenvalue weighted by molar-refractivity contribution is -0.384. The third-order valence-corrected chi connectivity index (χ3v) is 3.33. The van der Waals surface area contributed by atoms with Gasteiger partial charge in [-0.1, -0.05) is 12.2 Å². The summed E-state index contributed by atoms with van der Waals surface area (Å²) in [6, 6.07) is 2.59. The average Bonchev–Trinajstić information content (AvgIpc) is 2.53. The number of hydrogen-bond acceptors (Lipinski definition) is 6. The molecule has 0 bridgehead atoms. The summed E-state index contributed by atoms with van der Waals surface area (Å²) in [4.78, 5) is 33.8. The zero-order valence-corrected chi connectivity index (χ0v) is 15.6. The Bertz CT molecular complexity index is 719. The molecule has 1 amide bonds. The van der Waals surface area contributed by atoms with Gasteiger partial charge in [0.25, 0.3) is 5.69 Å². The van der Waals surface area contributed by atoms with E-state index in [-0.39, 0.29) is 11.3 Å². The van der Waals surface area contributed by atoms with Crippen molar-refractivity contribution in [1.29, 1.82) is 0 Å². The summed E-state index contributed by atoms with van der Waals surface area (Å²) in [7, 11) is 1.22. The molecule has 142 valence electrons. The minimum Gasteiger partial charge on any atom is -0.465 e. The largest absolute Gasteiger partial charge is 0.465 e. The van der Waals surface area contributed by atoms with Gasteiger partial charge in [0.05, 0.1) is 17.6 Å². The molecule has 0 aromatic heterocycles. The quantitative estimate of drug-likeness (QED) is 0.357. The Morgan fingerprint density at radius 3 is 2.50 bits per heavy atom. The Kier molecular flexibility index (Phi) is 7.30. The van der Waals surface area contributed by atoms with Crippen LogP contribution < -0.4 is 5.32 Å². The number of nitrogens with one attached hydrogen (secondary N) is 1. The third kappa shape index (κ3) is 6.54. The number of nitro benzene ring substituents is 1. The van der Waals surface area contributed by atoms with E-state index in [1.165, 1.54) is 19.2 Å². The maximum absolute atomic E-state index is 11.8. The van der Waals surface area contributed by atoms with Crippen molar-refractivity contribution in [1.82, 2.24) is 5.32 Å². The number of carbonyl (C=O) groups excluding carboxylic acids is 2. The van der Waals surface area contributed by atoms with Gasteiger partial charge in [-0.15, -0.1) is 0 Å². The fraction of sp³-hybridized carbons (Fsp3) is 0.444. The molecule has 0 spiro atoms. The molecule has 0 radical (unpaired) electrons. The fourth-order valence-electron chi connectivity index (χ4n) is 2.10. The van der Waals surface area contributed by atoms with Crippen LogP contribution in [0.5, 0.6) is 0 Å². The van der Waals surface area contributed by atoms with Gasteiger partial charge in [0.1, 0.15) is 5.60 Å². The molecule has 0 saturated carbocycles. The average molecular weight is 364 g/mol. The zero-order valence-electron chi connectivity index (χ0n) is 15.6. The lowest BCUT2D eigenvalue weighted by Gasteiger charge is -2.19. The van der Waals surface area contributed by atoms with Gasteiger partial charge in [-0.3, -0.25) is 10.1 Å². The van der Waals surface area contributed by atoms with E-state index in [2.05, 4.69) is 10.1 Å². The maximum atomic E-state index is 11.8. The molecule has 0 aliphatic carbocycles. The first-order valence-corrected chi connectivity index (χ1v) is 8.06. The summed E-state index contributed by atoms with van der Waals surface area (Å²) in [5.74, 6) is -0.632. The van der Waals surface area contributed by atoms with Crippen LogP contribution in [-0.2, 0) is 9.47 Å². The first-order chi connectivity index (χ1) is 12.0. The minimum atomic E-state index is -0.632. The molecule has 8 nitrogen and oxygen atoms in total. The number of non-ortho nitro benzene ring substituents is 1. The second-order valence-corrected chi connectivity index (χ2v) is 6.58. The van der Waals surface area contributed by atoms with Crippen LogP contribution in [0.2, 0.25) is 0 Å². The summed E-state index contributed by atoms with van der Waals surface area (Å²) in [5.41, 5.74) is 0.510. The Balaban J connectivity index is 2.81. The maximum Gasteiger partial charge on any atom is 0.407 e. The Morgan fingerprint density at radius 1 is 1.31 bits per heavy atom. The predicted octanol–water partition coefficient (Wildman–Crippen LogP) is 3.62. The molecule has 26 heavy (non-hydrogen) atoms.